The van der Waals surface area contributed by atoms with Crippen LogP contribution in [-0.2, 0) is 16.6 Å². The molecule has 0 saturated carbocycles. The smallest absolute Gasteiger partial charge is 0.296 e. The van der Waals surface area contributed by atoms with Gasteiger partial charge in [-0.15, -0.1) is 0 Å². The number of carbonyl (C=O) groups excluding carboxylic acids is 2. The summed E-state index contributed by atoms with van der Waals surface area (Å²) < 4.78 is 1.64. The molecule has 2 amide bonds. The highest BCUT2D eigenvalue weighted by atomic mass is 16.2. The maximum atomic E-state index is 11.8. The first-order valence-corrected chi connectivity index (χ1v) is 5.62. The molecule has 2 rings (SSSR count). The van der Waals surface area contributed by atoms with Crippen LogP contribution in [0.25, 0.3) is 0 Å². The summed E-state index contributed by atoms with van der Waals surface area (Å²) >= 11 is 0. The van der Waals surface area contributed by atoms with Gasteiger partial charge < -0.3 is 10.2 Å². The Labute approximate surface area is 105 Å². The average Bonchev–Trinajstić information content (AvgIpc) is 2.85. The highest BCUT2D eigenvalue weighted by Gasteiger charge is 2.31. The molecule has 1 saturated heterocycles. The summed E-state index contributed by atoms with van der Waals surface area (Å²) in [4.78, 5) is 24.8. The van der Waals surface area contributed by atoms with Crippen LogP contribution in [0.1, 0.15) is 13.3 Å². The Morgan fingerprint density at radius 2 is 2.39 bits per heavy atom. The summed E-state index contributed by atoms with van der Waals surface area (Å²) in [6, 6.07) is -0.189. The second-order valence-corrected chi connectivity index (χ2v) is 4.13. The van der Waals surface area contributed by atoms with Gasteiger partial charge >= 0.3 is 0 Å². The summed E-state index contributed by atoms with van der Waals surface area (Å²) in [7, 11) is 1.79. The molecule has 1 fully saturated rings. The molecule has 6 heteroatoms. The molecule has 1 aliphatic rings. The molecule has 1 aromatic rings. The normalized spacial score (nSPS) is 18.4. The van der Waals surface area contributed by atoms with Crippen molar-refractivity contribution in [3.05, 3.63) is 12.4 Å². The molecule has 94 valence electrons. The van der Waals surface area contributed by atoms with Gasteiger partial charge in [0.1, 0.15) is 0 Å². The Balaban J connectivity index is 2.02. The van der Waals surface area contributed by atoms with E-state index in [4.69, 9.17) is 0 Å². The van der Waals surface area contributed by atoms with Crippen molar-refractivity contribution in [2.45, 2.75) is 19.4 Å². The van der Waals surface area contributed by atoms with Crippen molar-refractivity contribution in [1.29, 1.82) is 0 Å². The van der Waals surface area contributed by atoms with Crippen molar-refractivity contribution in [1.82, 2.24) is 15.1 Å². The number of nitrogens with zero attached hydrogens (tertiary/aromatic N) is 3. The first-order valence-electron chi connectivity index (χ1n) is 5.62. The van der Waals surface area contributed by atoms with E-state index >= 15 is 0 Å². The Kier molecular flexibility index (Phi) is 3.33. The van der Waals surface area contributed by atoms with Crippen LogP contribution in [0.15, 0.2) is 12.4 Å². The number of carbonyl (C=O) groups is 2. The van der Waals surface area contributed by atoms with E-state index in [2.05, 4.69) is 22.3 Å². The third-order valence-corrected chi connectivity index (χ3v) is 2.70. The molecule has 1 unspecified atom stereocenters. The highest BCUT2D eigenvalue weighted by molar-refractivity contribution is 5.98. The molecule has 1 aromatic heterocycles. The Morgan fingerprint density at radius 3 is 3.00 bits per heavy atom. The molecule has 6 nitrogen and oxygen atoms in total. The predicted molar refractivity (Wildman–Crippen MR) is 65.6 cm³/mol. The highest BCUT2D eigenvalue weighted by Crippen LogP contribution is 2.20. The van der Waals surface area contributed by atoms with Gasteiger partial charge in [-0.2, -0.15) is 5.10 Å². The number of aromatic nitrogens is 2. The van der Waals surface area contributed by atoms with Gasteiger partial charge in [0.15, 0.2) is 0 Å². The molecular formula is C12H14N4O2. The summed E-state index contributed by atoms with van der Waals surface area (Å²) in [6.45, 7) is 2.06. The molecule has 0 radical (unpaired) electrons. The maximum absolute atomic E-state index is 11.8. The van der Waals surface area contributed by atoms with Gasteiger partial charge in [0, 0.05) is 26.2 Å². The van der Waals surface area contributed by atoms with E-state index in [1.165, 1.54) is 0 Å². The van der Waals surface area contributed by atoms with Crippen molar-refractivity contribution in [3.63, 3.8) is 0 Å². The molecule has 18 heavy (non-hydrogen) atoms. The first kappa shape index (κ1) is 12.2. The number of hydrogen-bond donors (Lipinski definition) is 1. The standard InChI is InChI=1S/C12H14N4O2/c1-3-4-11(17)14-9-5-12(18)16(7-9)10-6-13-15(2)8-10/h6,8-9H,5,7H2,1-2H3,(H,14,17). The van der Waals surface area contributed by atoms with E-state index in [1.807, 2.05) is 0 Å². The van der Waals surface area contributed by atoms with Crippen molar-refractivity contribution < 1.29 is 9.59 Å². The zero-order chi connectivity index (χ0) is 13.1. The van der Waals surface area contributed by atoms with Crippen LogP contribution < -0.4 is 10.2 Å². The Bertz CT molecular complexity index is 538. The third kappa shape index (κ3) is 2.51. The monoisotopic (exact) mass is 246 g/mol. The number of amides is 2. The molecular weight excluding hydrogens is 232 g/mol. The van der Waals surface area contributed by atoms with E-state index in [9.17, 15) is 9.59 Å². The van der Waals surface area contributed by atoms with E-state index in [1.54, 1.807) is 35.9 Å². The van der Waals surface area contributed by atoms with Gasteiger partial charge in [0.25, 0.3) is 5.91 Å². The molecule has 0 spiro atoms. The number of hydrogen-bond acceptors (Lipinski definition) is 3. The summed E-state index contributed by atoms with van der Waals surface area (Å²) in [6.07, 6.45) is 3.70. The van der Waals surface area contributed by atoms with E-state index in [0.717, 1.165) is 5.69 Å². The number of nitrogens with one attached hydrogen (secondary N) is 1. The lowest BCUT2D eigenvalue weighted by Gasteiger charge is -2.14. The van der Waals surface area contributed by atoms with Gasteiger partial charge in [-0.25, -0.2) is 0 Å². The largest absolute Gasteiger partial charge is 0.340 e. The minimum atomic E-state index is -0.344. The second-order valence-electron chi connectivity index (χ2n) is 4.13. The fourth-order valence-corrected chi connectivity index (χ4v) is 1.94. The molecule has 1 aliphatic heterocycles. The van der Waals surface area contributed by atoms with Crippen molar-refractivity contribution >= 4 is 17.5 Å². The summed E-state index contributed by atoms with van der Waals surface area (Å²) in [5, 5.41) is 6.74. The number of rotatable bonds is 2. The lowest BCUT2D eigenvalue weighted by atomic mass is 10.2. The van der Waals surface area contributed by atoms with Crippen LogP contribution in [0.3, 0.4) is 0 Å². The van der Waals surface area contributed by atoms with Gasteiger partial charge in [-0.3, -0.25) is 14.3 Å². The predicted octanol–water partition coefficient (Wildman–Crippen LogP) is -0.335. The van der Waals surface area contributed by atoms with Gasteiger partial charge in [0.05, 0.1) is 17.9 Å². The molecule has 0 aromatic carbocycles. The fraction of sp³-hybridized carbons (Fsp3) is 0.417. The number of anilines is 1. The zero-order valence-corrected chi connectivity index (χ0v) is 10.3. The summed E-state index contributed by atoms with van der Waals surface area (Å²) in [5.41, 5.74) is 0.751. The second kappa shape index (κ2) is 4.92. The fourth-order valence-electron chi connectivity index (χ4n) is 1.94. The maximum Gasteiger partial charge on any atom is 0.296 e. The van der Waals surface area contributed by atoms with E-state index in [0.29, 0.717) is 13.0 Å². The topological polar surface area (TPSA) is 67.2 Å². The molecule has 1 N–H and O–H groups in total. The zero-order valence-electron chi connectivity index (χ0n) is 10.3. The lowest BCUT2D eigenvalue weighted by molar-refractivity contribution is -0.117. The summed E-state index contributed by atoms with van der Waals surface area (Å²) in [5.74, 6) is 4.56. The van der Waals surface area contributed by atoms with E-state index < -0.39 is 0 Å². The van der Waals surface area contributed by atoms with Crippen LogP contribution >= 0.6 is 0 Å². The van der Waals surface area contributed by atoms with Crippen molar-refractivity contribution in [3.8, 4) is 11.8 Å². The Morgan fingerprint density at radius 1 is 1.61 bits per heavy atom. The van der Waals surface area contributed by atoms with Crippen molar-refractivity contribution in [2.24, 2.45) is 7.05 Å². The third-order valence-electron chi connectivity index (χ3n) is 2.70. The van der Waals surface area contributed by atoms with Crippen LogP contribution in [0, 0.1) is 11.8 Å². The van der Waals surface area contributed by atoms with E-state index in [-0.39, 0.29) is 17.9 Å². The number of aryl methyl sites for hydroxylation is 1. The minimum absolute atomic E-state index is 0.0160. The Hall–Kier alpha value is -2.29. The van der Waals surface area contributed by atoms with Crippen LogP contribution in [0.4, 0.5) is 5.69 Å². The van der Waals surface area contributed by atoms with Crippen LogP contribution in [-0.4, -0.2) is 34.2 Å². The molecule has 0 aliphatic carbocycles. The van der Waals surface area contributed by atoms with Crippen LogP contribution in [0.5, 0.6) is 0 Å². The lowest BCUT2D eigenvalue weighted by Crippen LogP contribution is -2.36. The first-order chi connectivity index (χ1) is 8.60. The van der Waals surface area contributed by atoms with Gasteiger partial charge in [0.2, 0.25) is 5.91 Å². The van der Waals surface area contributed by atoms with Gasteiger partial charge in [-0.1, -0.05) is 5.92 Å². The molecule has 2 heterocycles. The molecule has 1 atom stereocenters. The molecule has 0 bridgehead atoms. The van der Waals surface area contributed by atoms with Crippen LogP contribution in [0.2, 0.25) is 0 Å². The minimum Gasteiger partial charge on any atom is -0.340 e. The quantitative estimate of drug-likeness (QED) is 0.726. The van der Waals surface area contributed by atoms with Crippen molar-refractivity contribution in [2.75, 3.05) is 11.4 Å². The SMILES string of the molecule is CC#CC(=O)NC1CC(=O)N(c2cnn(C)c2)C1. The average molecular weight is 246 g/mol. The van der Waals surface area contributed by atoms with Gasteiger partial charge in [-0.05, 0) is 12.8 Å².